The molecule has 2 N–H and O–H groups in total. The Morgan fingerprint density at radius 3 is 2.52 bits per heavy atom. The minimum Gasteiger partial charge on any atom is -0.370 e. The van der Waals surface area contributed by atoms with Crippen LogP contribution in [0.15, 0.2) is 41.4 Å². The van der Waals surface area contributed by atoms with Crippen LogP contribution in [0.4, 0.5) is 0 Å². The minimum atomic E-state index is -0.479. The molecule has 8 heteroatoms. The maximum Gasteiger partial charge on any atom is 0.233 e. The topological polar surface area (TPSA) is 117 Å². The highest BCUT2D eigenvalue weighted by Crippen LogP contribution is 2.24. The molecule has 1 aromatic carbocycles. The SMILES string of the molecule is CC(=O)c1cc(C#N)c(SCC(=O)N(CCC(N)=O)Cc2ccccc2)nc1C. The van der Waals surface area contributed by atoms with Crippen molar-refractivity contribution in [2.45, 2.75) is 31.8 Å². The number of nitrogens with two attached hydrogens (primary N) is 1. The number of aromatic nitrogens is 1. The van der Waals surface area contributed by atoms with Crippen LogP contribution >= 0.6 is 11.8 Å². The lowest BCUT2D eigenvalue weighted by Gasteiger charge is -2.22. The van der Waals surface area contributed by atoms with E-state index in [9.17, 15) is 19.6 Å². The van der Waals surface area contributed by atoms with Crippen LogP contribution in [-0.2, 0) is 16.1 Å². The second kappa shape index (κ2) is 10.4. The summed E-state index contributed by atoms with van der Waals surface area (Å²) in [5.41, 5.74) is 7.34. The number of rotatable bonds is 9. The van der Waals surface area contributed by atoms with Gasteiger partial charge in [0.15, 0.2) is 5.78 Å². The van der Waals surface area contributed by atoms with Crippen molar-refractivity contribution < 1.29 is 14.4 Å². The number of Topliss-reactive ketones (excluding diaryl/α,β-unsaturated/α-hetero) is 1. The number of nitriles is 1. The van der Waals surface area contributed by atoms with Gasteiger partial charge in [0.25, 0.3) is 0 Å². The zero-order chi connectivity index (χ0) is 21.4. The van der Waals surface area contributed by atoms with Crippen molar-refractivity contribution >= 4 is 29.4 Å². The molecule has 0 aliphatic rings. The van der Waals surface area contributed by atoms with E-state index < -0.39 is 5.91 Å². The standard InChI is InChI=1S/C21H22N4O3S/c1-14-18(15(2)26)10-17(11-22)21(24-14)29-13-20(28)25(9-8-19(23)27)12-16-6-4-3-5-7-16/h3-7,10H,8-9,12-13H2,1-2H3,(H2,23,27). The average Bonchev–Trinajstić information content (AvgIpc) is 2.69. The lowest BCUT2D eigenvalue weighted by molar-refractivity contribution is -0.129. The minimum absolute atomic E-state index is 0.0478. The molecular weight excluding hydrogens is 388 g/mol. The first kappa shape index (κ1) is 22.1. The van der Waals surface area contributed by atoms with Crippen LogP contribution in [0.3, 0.4) is 0 Å². The third-order valence-electron chi connectivity index (χ3n) is 4.21. The molecule has 0 unspecified atom stereocenters. The molecule has 0 spiro atoms. The van der Waals surface area contributed by atoms with E-state index in [0.717, 1.165) is 17.3 Å². The summed E-state index contributed by atoms with van der Waals surface area (Å²) < 4.78 is 0. The summed E-state index contributed by atoms with van der Waals surface area (Å²) >= 11 is 1.14. The van der Waals surface area contributed by atoms with E-state index in [0.29, 0.717) is 22.8 Å². The van der Waals surface area contributed by atoms with E-state index in [1.807, 2.05) is 36.4 Å². The van der Waals surface area contributed by atoms with Crippen LogP contribution in [0, 0.1) is 18.3 Å². The molecule has 150 valence electrons. The fourth-order valence-electron chi connectivity index (χ4n) is 2.69. The van der Waals surface area contributed by atoms with Crippen molar-refractivity contribution in [3.63, 3.8) is 0 Å². The second-order valence-corrected chi connectivity index (χ2v) is 7.41. The smallest absolute Gasteiger partial charge is 0.233 e. The van der Waals surface area contributed by atoms with Gasteiger partial charge in [-0.25, -0.2) is 4.98 Å². The van der Waals surface area contributed by atoms with Crippen molar-refractivity contribution in [3.8, 4) is 6.07 Å². The van der Waals surface area contributed by atoms with E-state index in [1.165, 1.54) is 13.0 Å². The second-order valence-electron chi connectivity index (χ2n) is 6.45. The molecule has 7 nitrogen and oxygen atoms in total. The molecule has 0 fully saturated rings. The molecule has 0 atom stereocenters. The van der Waals surface area contributed by atoms with Gasteiger partial charge in [-0.05, 0) is 25.5 Å². The number of pyridine rings is 1. The summed E-state index contributed by atoms with van der Waals surface area (Å²) in [6, 6.07) is 13.0. The number of amides is 2. The van der Waals surface area contributed by atoms with E-state index >= 15 is 0 Å². The molecule has 0 aliphatic heterocycles. The zero-order valence-corrected chi connectivity index (χ0v) is 17.2. The summed E-state index contributed by atoms with van der Waals surface area (Å²) in [6.07, 6.45) is 0.0668. The Kier molecular flexibility index (Phi) is 7.92. The fourth-order valence-corrected chi connectivity index (χ4v) is 3.60. The van der Waals surface area contributed by atoms with Gasteiger partial charge in [0, 0.05) is 30.8 Å². The normalized spacial score (nSPS) is 10.2. The molecule has 2 amide bonds. The number of carbonyl (C=O) groups is 3. The highest BCUT2D eigenvalue weighted by molar-refractivity contribution is 8.00. The van der Waals surface area contributed by atoms with Crippen LogP contribution in [0.1, 0.15) is 40.5 Å². The maximum atomic E-state index is 12.8. The van der Waals surface area contributed by atoms with Crippen molar-refractivity contribution in [3.05, 3.63) is 58.8 Å². The Hall–Kier alpha value is -3.18. The lowest BCUT2D eigenvalue weighted by Crippen LogP contribution is -2.34. The van der Waals surface area contributed by atoms with Crippen molar-refractivity contribution in [2.24, 2.45) is 5.73 Å². The predicted molar refractivity (Wildman–Crippen MR) is 110 cm³/mol. The molecule has 0 saturated carbocycles. The van der Waals surface area contributed by atoms with Gasteiger partial charge < -0.3 is 10.6 Å². The van der Waals surface area contributed by atoms with Crippen LogP contribution in [0.2, 0.25) is 0 Å². The molecule has 0 saturated heterocycles. The molecular formula is C21H22N4O3S. The van der Waals surface area contributed by atoms with Gasteiger partial charge in [0.2, 0.25) is 11.8 Å². The first-order valence-electron chi connectivity index (χ1n) is 8.97. The monoisotopic (exact) mass is 410 g/mol. The molecule has 2 rings (SSSR count). The third-order valence-corrected chi connectivity index (χ3v) is 5.18. The summed E-state index contributed by atoms with van der Waals surface area (Å²) in [6.45, 7) is 3.68. The van der Waals surface area contributed by atoms with Crippen molar-refractivity contribution in [2.75, 3.05) is 12.3 Å². The molecule has 0 aliphatic carbocycles. The highest BCUT2D eigenvalue weighted by Gasteiger charge is 2.18. The van der Waals surface area contributed by atoms with Crippen molar-refractivity contribution in [1.29, 1.82) is 5.26 Å². The van der Waals surface area contributed by atoms with Gasteiger partial charge in [0.1, 0.15) is 11.1 Å². The molecule has 1 heterocycles. The lowest BCUT2D eigenvalue weighted by atomic mass is 10.1. The van der Waals surface area contributed by atoms with Crippen molar-refractivity contribution in [1.82, 2.24) is 9.88 Å². The van der Waals surface area contributed by atoms with Gasteiger partial charge >= 0.3 is 0 Å². The van der Waals surface area contributed by atoms with E-state index in [4.69, 9.17) is 5.73 Å². The van der Waals surface area contributed by atoms with Gasteiger partial charge in [-0.2, -0.15) is 5.26 Å². The Balaban J connectivity index is 2.14. The van der Waals surface area contributed by atoms with E-state index in [1.54, 1.807) is 11.8 Å². The summed E-state index contributed by atoms with van der Waals surface area (Å²) in [4.78, 5) is 41.5. The Bertz CT molecular complexity index is 954. The number of carbonyl (C=O) groups excluding carboxylic acids is 3. The Morgan fingerprint density at radius 2 is 1.93 bits per heavy atom. The van der Waals surface area contributed by atoms with Crippen LogP contribution in [0.5, 0.6) is 0 Å². The van der Waals surface area contributed by atoms with Gasteiger partial charge in [-0.15, -0.1) is 0 Å². The number of ketones is 1. The first-order chi connectivity index (χ1) is 13.8. The summed E-state index contributed by atoms with van der Waals surface area (Å²) in [7, 11) is 0. The van der Waals surface area contributed by atoms with E-state index in [-0.39, 0.29) is 36.0 Å². The third kappa shape index (κ3) is 6.43. The average molecular weight is 410 g/mol. The summed E-state index contributed by atoms with van der Waals surface area (Å²) in [5.74, 6) is -0.794. The highest BCUT2D eigenvalue weighted by atomic mass is 32.2. The fraction of sp³-hybridized carbons (Fsp3) is 0.286. The van der Waals surface area contributed by atoms with Gasteiger partial charge in [0.05, 0.1) is 11.3 Å². The predicted octanol–water partition coefficient (Wildman–Crippen LogP) is 2.46. The number of nitrogens with zero attached hydrogens (tertiary/aromatic N) is 3. The van der Waals surface area contributed by atoms with E-state index in [2.05, 4.69) is 4.98 Å². The molecule has 0 radical (unpaired) electrons. The number of benzene rings is 1. The number of primary amides is 1. The summed E-state index contributed by atoms with van der Waals surface area (Å²) in [5, 5.41) is 9.77. The molecule has 1 aromatic heterocycles. The van der Waals surface area contributed by atoms with Crippen LogP contribution in [-0.4, -0.2) is 39.8 Å². The number of hydrogen-bond acceptors (Lipinski definition) is 6. The molecule has 0 bridgehead atoms. The number of thioether (sulfide) groups is 1. The zero-order valence-electron chi connectivity index (χ0n) is 16.3. The van der Waals surface area contributed by atoms with Crippen LogP contribution in [0.25, 0.3) is 0 Å². The van der Waals surface area contributed by atoms with Gasteiger partial charge in [-0.3, -0.25) is 14.4 Å². The number of aryl methyl sites for hydroxylation is 1. The number of hydrogen-bond donors (Lipinski definition) is 1. The Labute approximate surface area is 173 Å². The largest absolute Gasteiger partial charge is 0.370 e. The molecule has 29 heavy (non-hydrogen) atoms. The van der Waals surface area contributed by atoms with Crippen LogP contribution < -0.4 is 5.73 Å². The van der Waals surface area contributed by atoms with Gasteiger partial charge in [-0.1, -0.05) is 42.1 Å². The maximum absolute atomic E-state index is 12.8. The Morgan fingerprint density at radius 1 is 1.24 bits per heavy atom. The first-order valence-corrected chi connectivity index (χ1v) is 9.96. The molecule has 2 aromatic rings. The quantitative estimate of drug-likeness (QED) is 0.501.